The Morgan fingerprint density at radius 2 is 1.49 bits per heavy atom. The van der Waals surface area contributed by atoms with Gasteiger partial charge in [-0.2, -0.15) is 0 Å². The standard InChI is InChI=1S/C33H29NO/c1-21-20-34-29(18-24(21)19-33(2,3)4)23-10-7-9-22(17-23)25-12-8-13-27-26(25)15-16-31-32(27)28-11-5-6-14-30(28)35-31/h5-18,20H,19H2,1-4H3. The van der Waals surface area contributed by atoms with Crippen molar-refractivity contribution in [2.24, 2.45) is 5.41 Å². The number of nitrogens with zero attached hydrogens (tertiary/aromatic N) is 1. The molecule has 0 bridgehead atoms. The summed E-state index contributed by atoms with van der Waals surface area (Å²) in [7, 11) is 0. The van der Waals surface area contributed by atoms with E-state index in [1.54, 1.807) is 0 Å². The topological polar surface area (TPSA) is 26.0 Å². The third-order valence-corrected chi connectivity index (χ3v) is 6.80. The Labute approximate surface area is 206 Å². The van der Waals surface area contributed by atoms with E-state index in [-0.39, 0.29) is 5.41 Å². The zero-order valence-corrected chi connectivity index (χ0v) is 20.7. The lowest BCUT2D eigenvalue weighted by atomic mass is 9.86. The van der Waals surface area contributed by atoms with Crippen LogP contribution in [0.2, 0.25) is 0 Å². The first kappa shape index (κ1) is 21.6. The average molecular weight is 456 g/mol. The van der Waals surface area contributed by atoms with Crippen LogP contribution in [0.25, 0.3) is 55.1 Å². The molecule has 2 aromatic heterocycles. The zero-order valence-electron chi connectivity index (χ0n) is 20.7. The number of para-hydroxylation sites is 1. The molecule has 172 valence electrons. The summed E-state index contributed by atoms with van der Waals surface area (Å²) in [6, 6.07) is 30.2. The average Bonchev–Trinajstić information content (AvgIpc) is 3.23. The van der Waals surface area contributed by atoms with Crippen molar-refractivity contribution in [2.75, 3.05) is 0 Å². The molecule has 4 aromatic carbocycles. The van der Waals surface area contributed by atoms with Crippen LogP contribution in [0.1, 0.15) is 31.9 Å². The largest absolute Gasteiger partial charge is 0.456 e. The summed E-state index contributed by atoms with van der Waals surface area (Å²) in [5.74, 6) is 0. The number of aryl methyl sites for hydroxylation is 1. The lowest BCUT2D eigenvalue weighted by Gasteiger charge is -2.20. The number of pyridine rings is 1. The van der Waals surface area contributed by atoms with Crippen molar-refractivity contribution in [3.63, 3.8) is 0 Å². The third-order valence-electron chi connectivity index (χ3n) is 6.80. The van der Waals surface area contributed by atoms with E-state index in [4.69, 9.17) is 9.40 Å². The van der Waals surface area contributed by atoms with Gasteiger partial charge in [0.1, 0.15) is 11.2 Å². The highest BCUT2D eigenvalue weighted by atomic mass is 16.3. The lowest BCUT2D eigenvalue weighted by Crippen LogP contribution is -2.10. The van der Waals surface area contributed by atoms with Crippen molar-refractivity contribution >= 4 is 32.7 Å². The van der Waals surface area contributed by atoms with Crippen molar-refractivity contribution in [3.8, 4) is 22.4 Å². The number of benzene rings is 4. The summed E-state index contributed by atoms with van der Waals surface area (Å²) in [5, 5.41) is 4.79. The number of fused-ring (bicyclic) bond motifs is 5. The molecule has 0 radical (unpaired) electrons. The summed E-state index contributed by atoms with van der Waals surface area (Å²) < 4.78 is 6.13. The molecule has 0 atom stereocenters. The minimum Gasteiger partial charge on any atom is -0.456 e. The van der Waals surface area contributed by atoms with Gasteiger partial charge in [-0.1, -0.05) is 81.4 Å². The Morgan fingerprint density at radius 1 is 0.714 bits per heavy atom. The fourth-order valence-corrected chi connectivity index (χ4v) is 5.16. The van der Waals surface area contributed by atoms with Gasteiger partial charge in [0.25, 0.3) is 0 Å². The minimum absolute atomic E-state index is 0.233. The van der Waals surface area contributed by atoms with Crippen LogP contribution < -0.4 is 0 Å². The summed E-state index contributed by atoms with van der Waals surface area (Å²) >= 11 is 0. The van der Waals surface area contributed by atoms with Crippen LogP contribution in [0, 0.1) is 12.3 Å². The smallest absolute Gasteiger partial charge is 0.136 e. The molecule has 2 heteroatoms. The molecule has 2 heterocycles. The van der Waals surface area contributed by atoms with Crippen LogP contribution in [0.4, 0.5) is 0 Å². The van der Waals surface area contributed by atoms with Gasteiger partial charge >= 0.3 is 0 Å². The lowest BCUT2D eigenvalue weighted by molar-refractivity contribution is 0.410. The minimum atomic E-state index is 0.233. The monoisotopic (exact) mass is 455 g/mol. The van der Waals surface area contributed by atoms with Crippen molar-refractivity contribution in [3.05, 3.63) is 102 Å². The number of furan rings is 1. The first-order valence-corrected chi connectivity index (χ1v) is 12.3. The van der Waals surface area contributed by atoms with Crippen LogP contribution in [0.5, 0.6) is 0 Å². The fraction of sp³-hybridized carbons (Fsp3) is 0.182. The zero-order chi connectivity index (χ0) is 24.2. The first-order chi connectivity index (χ1) is 16.9. The first-order valence-electron chi connectivity index (χ1n) is 12.3. The Morgan fingerprint density at radius 3 is 2.34 bits per heavy atom. The molecule has 0 fully saturated rings. The van der Waals surface area contributed by atoms with Gasteiger partial charge in [-0.25, -0.2) is 0 Å². The van der Waals surface area contributed by atoms with E-state index in [1.165, 1.54) is 38.4 Å². The highest BCUT2D eigenvalue weighted by Crippen LogP contribution is 2.39. The van der Waals surface area contributed by atoms with Gasteiger partial charge in [0.05, 0.1) is 5.69 Å². The van der Waals surface area contributed by atoms with E-state index < -0.39 is 0 Å². The molecule has 6 rings (SSSR count). The summed E-state index contributed by atoms with van der Waals surface area (Å²) in [6.45, 7) is 9.01. The SMILES string of the molecule is Cc1cnc(-c2cccc(-c3cccc4c3ccc3oc5ccccc5c34)c2)cc1CC(C)(C)C. The van der Waals surface area contributed by atoms with Crippen molar-refractivity contribution < 1.29 is 4.42 Å². The van der Waals surface area contributed by atoms with E-state index in [9.17, 15) is 0 Å². The molecule has 0 spiro atoms. The van der Waals surface area contributed by atoms with Gasteiger partial charge < -0.3 is 4.42 Å². The van der Waals surface area contributed by atoms with Crippen LogP contribution >= 0.6 is 0 Å². The van der Waals surface area contributed by atoms with Crippen LogP contribution in [-0.4, -0.2) is 4.98 Å². The molecule has 0 aliphatic heterocycles. The molecule has 0 saturated carbocycles. The van der Waals surface area contributed by atoms with Crippen LogP contribution in [0.15, 0.2) is 95.5 Å². The van der Waals surface area contributed by atoms with Gasteiger partial charge in [0.15, 0.2) is 0 Å². The summed E-state index contributed by atoms with van der Waals surface area (Å²) in [6.07, 6.45) is 3.05. The van der Waals surface area contributed by atoms with Gasteiger partial charge in [0, 0.05) is 22.5 Å². The number of aromatic nitrogens is 1. The highest BCUT2D eigenvalue weighted by Gasteiger charge is 2.16. The molecule has 0 saturated heterocycles. The molecule has 0 N–H and O–H groups in total. The van der Waals surface area contributed by atoms with Crippen LogP contribution in [0.3, 0.4) is 0 Å². The van der Waals surface area contributed by atoms with Crippen molar-refractivity contribution in [1.82, 2.24) is 4.98 Å². The molecule has 2 nitrogen and oxygen atoms in total. The fourth-order valence-electron chi connectivity index (χ4n) is 5.16. The van der Waals surface area contributed by atoms with Crippen LogP contribution in [-0.2, 0) is 6.42 Å². The Bertz CT molecular complexity index is 1720. The van der Waals surface area contributed by atoms with E-state index in [0.29, 0.717) is 0 Å². The predicted molar refractivity (Wildman–Crippen MR) is 148 cm³/mol. The Balaban J connectivity index is 1.50. The molecular formula is C33H29NO. The molecule has 0 unspecified atom stereocenters. The van der Waals surface area contributed by atoms with E-state index >= 15 is 0 Å². The molecule has 35 heavy (non-hydrogen) atoms. The normalized spacial score (nSPS) is 12.1. The molecule has 0 aliphatic rings. The predicted octanol–water partition coefficient (Wildman–Crippen LogP) is 9.37. The summed E-state index contributed by atoms with van der Waals surface area (Å²) in [5.41, 5.74) is 9.30. The van der Waals surface area contributed by atoms with Gasteiger partial charge in [-0.3, -0.25) is 4.98 Å². The van der Waals surface area contributed by atoms with E-state index in [2.05, 4.69) is 100 Å². The van der Waals surface area contributed by atoms with E-state index in [0.717, 1.165) is 34.2 Å². The van der Waals surface area contributed by atoms with Gasteiger partial charge in [-0.05, 0) is 76.1 Å². The molecule has 0 amide bonds. The highest BCUT2D eigenvalue weighted by molar-refractivity contribution is 6.20. The number of hydrogen-bond acceptors (Lipinski definition) is 2. The maximum Gasteiger partial charge on any atom is 0.136 e. The molecule has 0 aliphatic carbocycles. The Kier molecular flexibility index (Phi) is 5.00. The maximum atomic E-state index is 6.13. The second-order valence-electron chi connectivity index (χ2n) is 10.8. The third kappa shape index (κ3) is 3.89. The second-order valence-corrected chi connectivity index (χ2v) is 10.8. The van der Waals surface area contributed by atoms with E-state index in [1.807, 2.05) is 18.3 Å². The molecular weight excluding hydrogens is 426 g/mol. The molecule has 6 aromatic rings. The number of hydrogen-bond donors (Lipinski definition) is 0. The maximum absolute atomic E-state index is 6.13. The second kappa shape index (κ2) is 8.09. The quantitative estimate of drug-likeness (QED) is 0.266. The van der Waals surface area contributed by atoms with Crippen molar-refractivity contribution in [2.45, 2.75) is 34.1 Å². The number of rotatable bonds is 3. The van der Waals surface area contributed by atoms with Gasteiger partial charge in [0.2, 0.25) is 0 Å². The summed E-state index contributed by atoms with van der Waals surface area (Å²) in [4.78, 5) is 4.79. The van der Waals surface area contributed by atoms with Gasteiger partial charge in [-0.15, -0.1) is 0 Å². The Hall–Kier alpha value is -3.91. The van der Waals surface area contributed by atoms with Crippen molar-refractivity contribution in [1.29, 1.82) is 0 Å².